The number of pyridine rings is 1. The average Bonchev–Trinajstić information content (AvgIpc) is 2.66. The van der Waals surface area contributed by atoms with Crippen LogP contribution >= 0.6 is 0 Å². The van der Waals surface area contributed by atoms with Crippen LogP contribution in [0.5, 0.6) is 5.88 Å². The van der Waals surface area contributed by atoms with Crippen LogP contribution in [0, 0.1) is 0 Å². The number of unbranched alkanes of at least 4 members (excludes halogenated alkanes) is 2. The molecule has 0 aliphatic heterocycles. The van der Waals surface area contributed by atoms with Gasteiger partial charge in [0.1, 0.15) is 5.69 Å². The molecule has 7 nitrogen and oxygen atoms in total. The Morgan fingerprint density at radius 2 is 2.00 bits per heavy atom. The van der Waals surface area contributed by atoms with E-state index in [1.807, 2.05) is 13.0 Å². The Labute approximate surface area is 153 Å². The monoisotopic (exact) mass is 358 g/mol. The number of amides is 1. The van der Waals surface area contributed by atoms with Crippen molar-refractivity contribution in [2.45, 2.75) is 52.6 Å². The average molecular weight is 358 g/mol. The maximum atomic E-state index is 12.4. The molecule has 0 spiro atoms. The molecule has 0 aliphatic carbocycles. The van der Waals surface area contributed by atoms with E-state index in [-0.39, 0.29) is 23.7 Å². The molecule has 7 heteroatoms. The minimum atomic E-state index is -0.335. The molecule has 1 amide bonds. The molecule has 26 heavy (non-hydrogen) atoms. The van der Waals surface area contributed by atoms with E-state index in [2.05, 4.69) is 22.3 Å². The van der Waals surface area contributed by atoms with Gasteiger partial charge in [-0.15, -0.1) is 0 Å². The van der Waals surface area contributed by atoms with Crippen LogP contribution in [-0.4, -0.2) is 27.3 Å². The summed E-state index contributed by atoms with van der Waals surface area (Å²) in [5.74, 6) is 0.195. The molecule has 2 heterocycles. The highest BCUT2D eigenvalue weighted by atomic mass is 16.5. The van der Waals surface area contributed by atoms with E-state index in [1.54, 1.807) is 12.3 Å². The lowest BCUT2D eigenvalue weighted by molar-refractivity contribution is 0.0943. The van der Waals surface area contributed by atoms with Gasteiger partial charge in [0.15, 0.2) is 0 Å². The van der Waals surface area contributed by atoms with Crippen molar-refractivity contribution in [3.63, 3.8) is 0 Å². The Morgan fingerprint density at radius 1 is 1.19 bits per heavy atom. The first-order chi connectivity index (χ1) is 12.7. The first-order valence-corrected chi connectivity index (χ1v) is 9.08. The second-order valence-corrected chi connectivity index (χ2v) is 5.99. The predicted octanol–water partition coefficient (Wildman–Crippen LogP) is 2.55. The largest absolute Gasteiger partial charge is 0.477 e. The minimum absolute atomic E-state index is 0.200. The Bertz CT molecular complexity index is 773. The van der Waals surface area contributed by atoms with Crippen molar-refractivity contribution in [2.75, 3.05) is 6.61 Å². The number of ether oxygens (including phenoxy) is 1. The molecule has 0 radical (unpaired) electrons. The maximum absolute atomic E-state index is 12.4. The predicted molar refractivity (Wildman–Crippen MR) is 99.2 cm³/mol. The lowest BCUT2D eigenvalue weighted by Crippen LogP contribution is -2.29. The summed E-state index contributed by atoms with van der Waals surface area (Å²) in [5.41, 5.74) is 0.822. The molecule has 0 saturated heterocycles. The number of aromatic nitrogens is 3. The van der Waals surface area contributed by atoms with Gasteiger partial charge in [0, 0.05) is 30.9 Å². The first kappa shape index (κ1) is 19.6. The Hall–Kier alpha value is -2.70. The molecular weight excluding hydrogens is 332 g/mol. The fourth-order valence-corrected chi connectivity index (χ4v) is 2.31. The van der Waals surface area contributed by atoms with E-state index in [0.717, 1.165) is 31.2 Å². The van der Waals surface area contributed by atoms with Crippen LogP contribution in [0.3, 0.4) is 0 Å². The summed E-state index contributed by atoms with van der Waals surface area (Å²) in [6.45, 7) is 5.52. The van der Waals surface area contributed by atoms with Crippen LogP contribution < -0.4 is 15.6 Å². The molecular formula is C19H26N4O3. The van der Waals surface area contributed by atoms with Crippen LogP contribution in [0.1, 0.15) is 55.6 Å². The molecule has 2 aromatic heterocycles. The van der Waals surface area contributed by atoms with Gasteiger partial charge < -0.3 is 10.1 Å². The lowest BCUT2D eigenvalue weighted by Gasteiger charge is -2.11. The third-order valence-corrected chi connectivity index (χ3v) is 3.85. The van der Waals surface area contributed by atoms with E-state index in [9.17, 15) is 9.59 Å². The zero-order valence-corrected chi connectivity index (χ0v) is 15.4. The van der Waals surface area contributed by atoms with E-state index >= 15 is 0 Å². The van der Waals surface area contributed by atoms with Crippen molar-refractivity contribution in [3.8, 4) is 5.88 Å². The Morgan fingerprint density at radius 3 is 2.77 bits per heavy atom. The second-order valence-electron chi connectivity index (χ2n) is 5.99. The van der Waals surface area contributed by atoms with Gasteiger partial charge in [-0.05, 0) is 25.0 Å². The number of carbonyl (C=O) groups excluding carboxylic acids is 1. The van der Waals surface area contributed by atoms with Gasteiger partial charge in [0.25, 0.3) is 11.5 Å². The molecule has 2 aromatic rings. The topological polar surface area (TPSA) is 86.1 Å². The summed E-state index contributed by atoms with van der Waals surface area (Å²) >= 11 is 0. The molecule has 1 N–H and O–H groups in total. The van der Waals surface area contributed by atoms with Crippen LogP contribution in [0.25, 0.3) is 0 Å². The summed E-state index contributed by atoms with van der Waals surface area (Å²) in [4.78, 5) is 28.4. The molecule has 0 saturated carbocycles. The quantitative estimate of drug-likeness (QED) is 0.660. The summed E-state index contributed by atoms with van der Waals surface area (Å²) in [7, 11) is 0. The van der Waals surface area contributed by atoms with Crippen molar-refractivity contribution in [1.29, 1.82) is 0 Å². The number of nitrogens with one attached hydrogen (secondary N) is 1. The van der Waals surface area contributed by atoms with Crippen molar-refractivity contribution in [1.82, 2.24) is 20.1 Å². The SMILES string of the molecule is CCCCOc1ncccc1CNC(=O)c1ccc(=O)n(CCCC)n1. The van der Waals surface area contributed by atoms with Gasteiger partial charge in [-0.1, -0.05) is 32.8 Å². The fourth-order valence-electron chi connectivity index (χ4n) is 2.31. The van der Waals surface area contributed by atoms with E-state index in [1.165, 1.54) is 16.8 Å². The highest BCUT2D eigenvalue weighted by molar-refractivity contribution is 5.91. The summed E-state index contributed by atoms with van der Waals surface area (Å²) < 4.78 is 7.01. The highest BCUT2D eigenvalue weighted by Crippen LogP contribution is 2.14. The van der Waals surface area contributed by atoms with Gasteiger partial charge in [0.05, 0.1) is 6.61 Å². The van der Waals surface area contributed by atoms with Gasteiger partial charge in [0.2, 0.25) is 5.88 Å². The second kappa shape index (κ2) is 10.3. The molecule has 0 bridgehead atoms. The van der Waals surface area contributed by atoms with Crippen LogP contribution in [0.4, 0.5) is 0 Å². The number of aryl methyl sites for hydroxylation is 1. The van der Waals surface area contributed by atoms with Gasteiger partial charge in [-0.25, -0.2) is 9.67 Å². The van der Waals surface area contributed by atoms with Crippen LogP contribution in [0.2, 0.25) is 0 Å². The minimum Gasteiger partial charge on any atom is -0.477 e. The van der Waals surface area contributed by atoms with Gasteiger partial charge >= 0.3 is 0 Å². The van der Waals surface area contributed by atoms with Crippen molar-refractivity contribution < 1.29 is 9.53 Å². The van der Waals surface area contributed by atoms with E-state index < -0.39 is 0 Å². The molecule has 0 atom stereocenters. The fraction of sp³-hybridized carbons (Fsp3) is 0.474. The summed E-state index contributed by atoms with van der Waals surface area (Å²) in [6.07, 6.45) is 5.44. The molecule has 0 aliphatic rings. The van der Waals surface area contributed by atoms with Gasteiger partial charge in [-0.2, -0.15) is 5.10 Å². The normalized spacial score (nSPS) is 10.5. The van der Waals surface area contributed by atoms with Gasteiger partial charge in [-0.3, -0.25) is 9.59 Å². The third-order valence-electron chi connectivity index (χ3n) is 3.85. The zero-order valence-electron chi connectivity index (χ0n) is 15.4. The smallest absolute Gasteiger partial charge is 0.271 e. The molecule has 140 valence electrons. The molecule has 2 rings (SSSR count). The van der Waals surface area contributed by atoms with E-state index in [0.29, 0.717) is 19.0 Å². The first-order valence-electron chi connectivity index (χ1n) is 9.08. The molecule has 0 unspecified atom stereocenters. The number of hydrogen-bond acceptors (Lipinski definition) is 5. The number of carbonyl (C=O) groups is 1. The van der Waals surface area contributed by atoms with Crippen molar-refractivity contribution in [3.05, 3.63) is 52.1 Å². The molecule has 0 aromatic carbocycles. The Balaban J connectivity index is 2.01. The van der Waals surface area contributed by atoms with Crippen molar-refractivity contribution >= 4 is 5.91 Å². The maximum Gasteiger partial charge on any atom is 0.271 e. The zero-order chi connectivity index (χ0) is 18.8. The standard InChI is InChI=1S/C19H26N4O3/c1-3-5-12-23-17(24)10-9-16(22-23)18(25)21-14-15-8-7-11-20-19(15)26-13-6-4-2/h7-11H,3-6,12-14H2,1-2H3,(H,21,25). The van der Waals surface area contributed by atoms with E-state index in [4.69, 9.17) is 4.74 Å². The lowest BCUT2D eigenvalue weighted by atomic mass is 10.2. The number of nitrogens with zero attached hydrogens (tertiary/aromatic N) is 3. The molecule has 0 fully saturated rings. The summed E-state index contributed by atoms with van der Waals surface area (Å²) in [6, 6.07) is 6.49. The highest BCUT2D eigenvalue weighted by Gasteiger charge is 2.11. The van der Waals surface area contributed by atoms with Crippen LogP contribution in [-0.2, 0) is 13.1 Å². The Kier molecular flexibility index (Phi) is 7.79. The van der Waals surface area contributed by atoms with Crippen LogP contribution in [0.15, 0.2) is 35.3 Å². The third kappa shape index (κ3) is 5.68. The van der Waals surface area contributed by atoms with Crippen molar-refractivity contribution in [2.24, 2.45) is 0 Å². The number of hydrogen-bond donors (Lipinski definition) is 1. The summed E-state index contributed by atoms with van der Waals surface area (Å²) in [5, 5.41) is 6.96. The number of rotatable bonds is 10.